The molecule has 0 aliphatic rings. The molecule has 7 heterocycles. The molecule has 0 radical (unpaired) electrons. The molecule has 0 saturated carbocycles. The predicted octanol–water partition coefficient (Wildman–Crippen LogP) is 24.1. The molecule has 0 aliphatic carbocycles. The van der Waals surface area contributed by atoms with Gasteiger partial charge in [-0.05, 0) is 146 Å². The summed E-state index contributed by atoms with van der Waals surface area (Å²) in [6, 6.07) is 129. The number of hydrogen-bond donors (Lipinski definition) is 0. The molecule has 0 bridgehead atoms. The smallest absolute Gasteiger partial charge is 0.160 e. The second-order valence-electron chi connectivity index (χ2n) is 26.9. The zero-order valence-corrected chi connectivity index (χ0v) is 55.1. The zero-order chi connectivity index (χ0) is 66.7. The van der Waals surface area contributed by atoms with Crippen LogP contribution in [0.1, 0.15) is 0 Å². The van der Waals surface area contributed by atoms with Gasteiger partial charge in [0.1, 0.15) is 0 Å². The Balaban J connectivity index is 0.850. The van der Waals surface area contributed by atoms with Crippen LogP contribution in [0.4, 0.5) is 0 Å². The first-order chi connectivity index (χ1) is 50.6. The van der Waals surface area contributed by atoms with E-state index in [0.717, 1.165) is 150 Å². The van der Waals surface area contributed by atoms with Gasteiger partial charge in [0.15, 0.2) is 5.82 Å². The number of rotatable bonds is 9. The van der Waals surface area contributed by atoms with Gasteiger partial charge in [-0.3, -0.25) is 0 Å². The largest absolute Gasteiger partial charge is 0.309 e. The van der Waals surface area contributed by atoms with Crippen molar-refractivity contribution in [1.82, 2.24) is 37.4 Å². The number of benzene rings is 15. The minimum absolute atomic E-state index is 0.615. The highest BCUT2D eigenvalue weighted by molar-refractivity contribution is 6.17. The van der Waals surface area contributed by atoms with Gasteiger partial charge in [0, 0.05) is 115 Å². The van der Waals surface area contributed by atoms with Crippen molar-refractivity contribution >= 4 is 131 Å². The van der Waals surface area contributed by atoms with Crippen molar-refractivity contribution in [1.29, 1.82) is 0 Å². The van der Waals surface area contributed by atoms with Crippen LogP contribution in [0.25, 0.3) is 199 Å². The number of para-hydroxylation sites is 8. The van der Waals surface area contributed by atoms with Gasteiger partial charge in [0.25, 0.3) is 0 Å². The average molecular weight is 1300 g/mol. The molecule has 0 aliphatic heterocycles. The fourth-order valence-corrected chi connectivity index (χ4v) is 17.0. The van der Waals surface area contributed by atoms with E-state index in [-0.39, 0.29) is 0 Å². The molecule has 0 saturated heterocycles. The molecule has 7 aromatic heterocycles. The highest BCUT2D eigenvalue weighted by Gasteiger charge is 2.25. The van der Waals surface area contributed by atoms with Crippen LogP contribution in [-0.2, 0) is 0 Å². The molecule has 0 unspecified atom stereocenters. The van der Waals surface area contributed by atoms with Crippen LogP contribution < -0.4 is 0 Å². The number of nitrogens with zero attached hydrogens (tertiary/aromatic N) is 8. The normalized spacial score (nSPS) is 12.1. The van der Waals surface area contributed by atoms with Crippen molar-refractivity contribution in [2.75, 3.05) is 0 Å². The van der Waals surface area contributed by atoms with E-state index in [1.54, 1.807) is 0 Å². The molecule has 0 amide bonds. The summed E-state index contributed by atoms with van der Waals surface area (Å²) in [7, 11) is 0. The van der Waals surface area contributed by atoms with Gasteiger partial charge in [-0.15, -0.1) is 0 Å². The van der Waals surface area contributed by atoms with Crippen LogP contribution in [0.15, 0.2) is 352 Å². The van der Waals surface area contributed by atoms with Gasteiger partial charge < -0.3 is 27.4 Å². The topological polar surface area (TPSA) is 55.4 Å². The lowest BCUT2D eigenvalue weighted by Crippen LogP contribution is -2.02. The first-order valence-electron chi connectivity index (χ1n) is 34.9. The average Bonchev–Trinajstić information content (AvgIpc) is 1.56. The van der Waals surface area contributed by atoms with Crippen molar-refractivity contribution in [2.45, 2.75) is 0 Å². The predicted molar refractivity (Wildman–Crippen MR) is 424 cm³/mol. The molecule has 15 aromatic carbocycles. The minimum atomic E-state index is 0.615. The highest BCUT2D eigenvalue weighted by atomic mass is 15.0. The Kier molecular flexibility index (Phi) is 12.0. The summed E-state index contributed by atoms with van der Waals surface area (Å²) in [5.74, 6) is 0.615. The number of fused-ring (bicyclic) bond motifs is 18. The number of hydrogen-bond acceptors (Lipinski definition) is 2. The van der Waals surface area contributed by atoms with E-state index in [0.29, 0.717) is 5.82 Å². The van der Waals surface area contributed by atoms with Gasteiger partial charge in [-0.25, -0.2) is 9.97 Å². The van der Waals surface area contributed by atoms with Crippen LogP contribution in [-0.4, -0.2) is 37.4 Å². The third-order valence-electron chi connectivity index (χ3n) is 21.4. The summed E-state index contributed by atoms with van der Waals surface area (Å²) in [6.07, 6.45) is 0. The highest BCUT2D eigenvalue weighted by Crippen LogP contribution is 2.45. The number of aromatic nitrogens is 8. The van der Waals surface area contributed by atoms with Crippen LogP contribution >= 0.6 is 0 Å². The quantitative estimate of drug-likeness (QED) is 0.145. The fourth-order valence-electron chi connectivity index (χ4n) is 17.0. The summed E-state index contributed by atoms with van der Waals surface area (Å²) >= 11 is 0. The van der Waals surface area contributed by atoms with Crippen molar-refractivity contribution in [3.63, 3.8) is 0 Å². The van der Waals surface area contributed by atoms with Gasteiger partial charge in [-0.2, -0.15) is 0 Å². The lowest BCUT2D eigenvalue weighted by Gasteiger charge is -2.17. The standard InChI is InChI=1S/C94H58N8/c1-3-23-59(24-4-1)80-58-81(60-25-5-2-6-26-60)96-94(95-80)61-51-66(101-90-47-43-62(97-82-35-15-7-27-68(82)69-28-8-16-36-83(69)97)54-76(90)77-55-63(44-48-91(77)101)98-84-37-17-9-29-70(84)71-30-10-18-38-85(71)98)53-67(52-61)102-92-49-45-64(99-86-39-19-11-31-72(86)73-32-12-20-40-87(73)99)56-78(92)79-57-65(46-50-93(79)102)100-88-41-21-13-33-74(88)75-34-14-22-42-89(75)100/h1-58H. The fraction of sp³-hybridized carbons (Fsp3) is 0. The monoisotopic (exact) mass is 1300 g/mol. The molecule has 0 N–H and O–H groups in total. The lowest BCUT2D eigenvalue weighted by molar-refractivity contribution is 1.12. The Labute approximate surface area is 584 Å². The molecule has 474 valence electrons. The third kappa shape index (κ3) is 8.32. The Bertz CT molecular complexity index is 6280. The van der Waals surface area contributed by atoms with Crippen molar-refractivity contribution in [3.05, 3.63) is 352 Å². The Morgan fingerprint density at radius 1 is 0.147 bits per heavy atom. The van der Waals surface area contributed by atoms with E-state index in [1.165, 1.54) is 43.1 Å². The van der Waals surface area contributed by atoms with Gasteiger partial charge in [-0.1, -0.05) is 206 Å². The molecule has 22 aromatic rings. The Morgan fingerprint density at radius 2 is 0.363 bits per heavy atom. The molecule has 22 rings (SSSR count). The molecule has 8 nitrogen and oxygen atoms in total. The van der Waals surface area contributed by atoms with Crippen LogP contribution in [0.5, 0.6) is 0 Å². The molecule has 102 heavy (non-hydrogen) atoms. The zero-order valence-electron chi connectivity index (χ0n) is 55.1. The van der Waals surface area contributed by atoms with E-state index >= 15 is 0 Å². The summed E-state index contributed by atoms with van der Waals surface area (Å²) in [5.41, 5.74) is 24.4. The summed E-state index contributed by atoms with van der Waals surface area (Å²) in [4.78, 5) is 11.2. The summed E-state index contributed by atoms with van der Waals surface area (Å²) in [5, 5.41) is 14.3. The first kappa shape index (κ1) is 56.2. The SMILES string of the molecule is c1ccc(-c2cc(-c3ccccc3)nc(-c3cc(-n4c5ccc(-n6c7ccccc7c7ccccc76)cc5c5cc(-n6c7ccccc7c7ccccc76)ccc54)cc(-n4c5ccc(-n6c7ccccc7c7ccccc76)cc5c5cc(-n6c7ccccc7c7ccccc76)ccc54)c3)n2)cc1. The maximum absolute atomic E-state index is 5.61. The Morgan fingerprint density at radius 3 is 0.618 bits per heavy atom. The van der Waals surface area contributed by atoms with E-state index in [2.05, 4.69) is 379 Å². The molecule has 8 heteroatoms. The molecule has 0 spiro atoms. The van der Waals surface area contributed by atoms with Gasteiger partial charge in [0.05, 0.1) is 77.6 Å². The molecular weight excluding hydrogens is 1240 g/mol. The second kappa shape index (κ2) is 21.8. The first-order valence-corrected chi connectivity index (χ1v) is 34.9. The van der Waals surface area contributed by atoms with Crippen molar-refractivity contribution < 1.29 is 0 Å². The van der Waals surface area contributed by atoms with E-state index < -0.39 is 0 Å². The van der Waals surface area contributed by atoms with E-state index in [9.17, 15) is 0 Å². The molecule has 0 atom stereocenters. The second-order valence-corrected chi connectivity index (χ2v) is 26.9. The van der Waals surface area contributed by atoms with E-state index in [1.807, 2.05) is 0 Å². The van der Waals surface area contributed by atoms with Gasteiger partial charge >= 0.3 is 0 Å². The van der Waals surface area contributed by atoms with Crippen LogP contribution in [0, 0.1) is 0 Å². The summed E-state index contributed by atoms with van der Waals surface area (Å²) < 4.78 is 14.7. The maximum atomic E-state index is 5.61. The summed E-state index contributed by atoms with van der Waals surface area (Å²) in [6.45, 7) is 0. The Hall–Kier alpha value is -13.8. The van der Waals surface area contributed by atoms with Gasteiger partial charge in [0.2, 0.25) is 0 Å². The van der Waals surface area contributed by atoms with Crippen LogP contribution in [0.2, 0.25) is 0 Å². The third-order valence-corrected chi connectivity index (χ3v) is 21.4. The minimum Gasteiger partial charge on any atom is -0.309 e. The lowest BCUT2D eigenvalue weighted by atomic mass is 10.1. The van der Waals surface area contributed by atoms with Crippen LogP contribution in [0.3, 0.4) is 0 Å². The van der Waals surface area contributed by atoms with E-state index in [4.69, 9.17) is 9.97 Å². The van der Waals surface area contributed by atoms with Crippen molar-refractivity contribution in [2.24, 2.45) is 0 Å². The maximum Gasteiger partial charge on any atom is 0.160 e. The molecule has 0 fully saturated rings. The molecular formula is C94H58N8. The van der Waals surface area contributed by atoms with Crippen molar-refractivity contribution in [3.8, 4) is 68.0 Å².